The molecule has 1 unspecified atom stereocenters. The van der Waals surface area contributed by atoms with Gasteiger partial charge in [0.05, 0.1) is 0 Å². The summed E-state index contributed by atoms with van der Waals surface area (Å²) < 4.78 is 12.2. The van der Waals surface area contributed by atoms with Crippen molar-refractivity contribution < 1.29 is 14.3 Å². The van der Waals surface area contributed by atoms with Crippen LogP contribution < -0.4 is 9.47 Å². The third-order valence-corrected chi connectivity index (χ3v) is 5.47. The highest BCUT2D eigenvalue weighted by Crippen LogP contribution is 2.30. The lowest BCUT2D eigenvalue weighted by Gasteiger charge is -2.23. The van der Waals surface area contributed by atoms with E-state index in [-0.39, 0.29) is 17.3 Å². The zero-order chi connectivity index (χ0) is 23.0. The Morgan fingerprint density at radius 3 is 1.87 bits per heavy atom. The zero-order valence-electron chi connectivity index (χ0n) is 20.4. The summed E-state index contributed by atoms with van der Waals surface area (Å²) in [6, 6.07) is 15.7. The molecule has 0 aromatic heterocycles. The van der Waals surface area contributed by atoms with Gasteiger partial charge in [-0.25, -0.2) is 4.79 Å². The van der Waals surface area contributed by atoms with Crippen molar-refractivity contribution in [2.75, 3.05) is 0 Å². The Kier molecular flexibility index (Phi) is 9.15. The van der Waals surface area contributed by atoms with Crippen molar-refractivity contribution >= 4 is 5.97 Å². The van der Waals surface area contributed by atoms with E-state index in [4.69, 9.17) is 9.47 Å². The SMILES string of the molecule is CC(C)c1ccccc1OC(=O)C(CCCCC(C)(C)C)Oc1ccccc1C(C)C. The molecule has 0 radical (unpaired) electrons. The molecule has 0 saturated carbocycles. The minimum absolute atomic E-state index is 0.275. The second kappa shape index (κ2) is 11.4. The molecule has 0 heterocycles. The van der Waals surface area contributed by atoms with Gasteiger partial charge in [-0.3, -0.25) is 0 Å². The Labute approximate surface area is 189 Å². The fraction of sp³-hybridized carbons (Fsp3) is 0.536. The summed E-state index contributed by atoms with van der Waals surface area (Å²) in [6.07, 6.45) is 3.12. The first kappa shape index (κ1) is 25.0. The summed E-state index contributed by atoms with van der Waals surface area (Å²) in [5.74, 6) is 1.67. The first-order valence-corrected chi connectivity index (χ1v) is 11.6. The lowest BCUT2D eigenvalue weighted by molar-refractivity contribution is -0.142. The van der Waals surface area contributed by atoms with Crippen LogP contribution in [0.5, 0.6) is 11.5 Å². The van der Waals surface area contributed by atoms with Crippen LogP contribution in [0.25, 0.3) is 0 Å². The Hall–Kier alpha value is -2.29. The third kappa shape index (κ3) is 8.05. The van der Waals surface area contributed by atoms with Crippen LogP contribution in [0.2, 0.25) is 0 Å². The van der Waals surface area contributed by atoms with E-state index in [0.717, 1.165) is 36.1 Å². The summed E-state index contributed by atoms with van der Waals surface area (Å²) in [4.78, 5) is 13.2. The smallest absolute Gasteiger partial charge is 0.352 e. The highest BCUT2D eigenvalue weighted by Gasteiger charge is 2.25. The minimum atomic E-state index is -0.625. The summed E-state index contributed by atoms with van der Waals surface area (Å²) >= 11 is 0. The topological polar surface area (TPSA) is 35.5 Å². The number of para-hydroxylation sites is 2. The summed E-state index contributed by atoms with van der Waals surface area (Å²) in [5, 5.41) is 0. The van der Waals surface area contributed by atoms with Gasteiger partial charge in [0.2, 0.25) is 0 Å². The Morgan fingerprint density at radius 2 is 1.32 bits per heavy atom. The van der Waals surface area contributed by atoms with E-state index in [1.807, 2.05) is 42.5 Å². The fourth-order valence-electron chi connectivity index (χ4n) is 3.65. The number of benzene rings is 2. The second-order valence-corrected chi connectivity index (χ2v) is 10.2. The van der Waals surface area contributed by atoms with Gasteiger partial charge in [0.15, 0.2) is 6.10 Å². The quantitative estimate of drug-likeness (QED) is 0.221. The van der Waals surface area contributed by atoms with Gasteiger partial charge in [-0.1, -0.05) is 91.3 Å². The molecule has 0 N–H and O–H groups in total. The molecule has 1 atom stereocenters. The van der Waals surface area contributed by atoms with Crippen LogP contribution in [0, 0.1) is 5.41 Å². The molecule has 3 nitrogen and oxygen atoms in total. The molecular formula is C28H40O3. The summed E-state index contributed by atoms with van der Waals surface area (Å²) in [7, 11) is 0. The van der Waals surface area contributed by atoms with E-state index in [9.17, 15) is 4.79 Å². The molecule has 0 bridgehead atoms. The van der Waals surface area contributed by atoms with E-state index >= 15 is 0 Å². The summed E-state index contributed by atoms with van der Waals surface area (Å²) in [5.41, 5.74) is 2.43. The minimum Gasteiger partial charge on any atom is -0.478 e. The number of rotatable bonds is 10. The van der Waals surface area contributed by atoms with E-state index in [1.165, 1.54) is 0 Å². The van der Waals surface area contributed by atoms with Gasteiger partial charge in [0, 0.05) is 0 Å². The van der Waals surface area contributed by atoms with Crippen LogP contribution in [0.15, 0.2) is 48.5 Å². The average molecular weight is 425 g/mol. The summed E-state index contributed by atoms with van der Waals surface area (Å²) in [6.45, 7) is 15.2. The van der Waals surface area contributed by atoms with Crippen molar-refractivity contribution in [2.45, 2.75) is 92.1 Å². The molecule has 0 aliphatic rings. The molecule has 0 aliphatic carbocycles. The van der Waals surface area contributed by atoms with Crippen molar-refractivity contribution in [3.05, 3.63) is 59.7 Å². The maximum Gasteiger partial charge on any atom is 0.352 e. The van der Waals surface area contributed by atoms with Gasteiger partial charge in [0.1, 0.15) is 11.5 Å². The fourth-order valence-corrected chi connectivity index (χ4v) is 3.65. The molecule has 31 heavy (non-hydrogen) atoms. The lowest BCUT2D eigenvalue weighted by atomic mass is 9.89. The van der Waals surface area contributed by atoms with Crippen LogP contribution >= 0.6 is 0 Å². The van der Waals surface area contributed by atoms with E-state index < -0.39 is 6.10 Å². The standard InChI is InChI=1S/C28H40O3/c1-20(2)22-14-8-10-16-24(22)30-26(18-12-13-19-28(5,6)7)27(29)31-25-17-11-9-15-23(25)21(3)4/h8-11,14-17,20-21,26H,12-13,18-19H2,1-7H3. The van der Waals surface area contributed by atoms with Gasteiger partial charge < -0.3 is 9.47 Å². The molecule has 170 valence electrons. The number of carbonyl (C=O) groups is 1. The molecule has 0 fully saturated rings. The normalized spacial score (nSPS) is 12.8. The van der Waals surface area contributed by atoms with Crippen molar-refractivity contribution in [3.63, 3.8) is 0 Å². The second-order valence-electron chi connectivity index (χ2n) is 10.2. The van der Waals surface area contributed by atoms with Crippen molar-refractivity contribution in [1.82, 2.24) is 0 Å². The molecule has 0 spiro atoms. The van der Waals surface area contributed by atoms with Crippen LogP contribution in [0.3, 0.4) is 0 Å². The van der Waals surface area contributed by atoms with Gasteiger partial charge in [0.25, 0.3) is 0 Å². The molecule has 0 saturated heterocycles. The van der Waals surface area contributed by atoms with Crippen LogP contribution in [-0.4, -0.2) is 12.1 Å². The number of carbonyl (C=O) groups excluding carboxylic acids is 1. The monoisotopic (exact) mass is 424 g/mol. The highest BCUT2D eigenvalue weighted by atomic mass is 16.6. The van der Waals surface area contributed by atoms with Crippen LogP contribution in [0.1, 0.15) is 97.1 Å². The van der Waals surface area contributed by atoms with Crippen molar-refractivity contribution in [3.8, 4) is 11.5 Å². The van der Waals surface area contributed by atoms with E-state index in [2.05, 4.69) is 54.5 Å². The Morgan fingerprint density at radius 1 is 0.806 bits per heavy atom. The third-order valence-electron chi connectivity index (χ3n) is 5.47. The van der Waals surface area contributed by atoms with E-state index in [1.54, 1.807) is 0 Å². The van der Waals surface area contributed by atoms with Gasteiger partial charge in [-0.15, -0.1) is 0 Å². The van der Waals surface area contributed by atoms with Gasteiger partial charge in [-0.05, 0) is 59.8 Å². The molecule has 0 aliphatic heterocycles. The Balaban J connectivity index is 2.20. The molecule has 2 rings (SSSR count). The Bertz CT molecular complexity index is 830. The van der Waals surface area contributed by atoms with Crippen LogP contribution in [0.4, 0.5) is 0 Å². The van der Waals surface area contributed by atoms with Crippen molar-refractivity contribution in [2.24, 2.45) is 5.41 Å². The van der Waals surface area contributed by atoms with Crippen molar-refractivity contribution in [1.29, 1.82) is 0 Å². The predicted molar refractivity (Wildman–Crippen MR) is 129 cm³/mol. The molecule has 3 heteroatoms. The zero-order valence-corrected chi connectivity index (χ0v) is 20.4. The number of hydrogen-bond acceptors (Lipinski definition) is 3. The lowest BCUT2D eigenvalue weighted by Crippen LogP contribution is -2.32. The number of ether oxygens (including phenoxy) is 2. The van der Waals surface area contributed by atoms with Gasteiger partial charge in [-0.2, -0.15) is 0 Å². The number of hydrogen-bond donors (Lipinski definition) is 0. The first-order chi connectivity index (χ1) is 14.6. The first-order valence-electron chi connectivity index (χ1n) is 11.6. The molecule has 0 amide bonds. The highest BCUT2D eigenvalue weighted by molar-refractivity contribution is 5.78. The number of unbranched alkanes of at least 4 members (excludes halogenated alkanes) is 1. The van der Waals surface area contributed by atoms with Crippen LogP contribution in [-0.2, 0) is 4.79 Å². The molecule has 2 aromatic carbocycles. The van der Waals surface area contributed by atoms with Gasteiger partial charge >= 0.3 is 5.97 Å². The predicted octanol–water partition coefficient (Wildman–Crippen LogP) is 7.89. The molecule has 2 aromatic rings. The average Bonchev–Trinajstić information content (AvgIpc) is 2.69. The molecular weight excluding hydrogens is 384 g/mol. The largest absolute Gasteiger partial charge is 0.478 e. The maximum atomic E-state index is 13.2. The maximum absolute atomic E-state index is 13.2. The van der Waals surface area contributed by atoms with E-state index in [0.29, 0.717) is 18.1 Å². The number of esters is 1.